The summed E-state index contributed by atoms with van der Waals surface area (Å²) in [6.07, 6.45) is 0.240. The number of nitrogens with zero attached hydrogens (tertiary/aromatic N) is 2. The first-order valence-corrected chi connectivity index (χ1v) is 10.4. The SMILES string of the molecule is CCC(O)CN(CCOC)Cc1nc2scc(-c3cccc(Cl)c3)c2c(=O)[nH]1. The predicted octanol–water partition coefficient (Wildman–Crippen LogP) is 3.52. The molecule has 0 fully saturated rings. The second-order valence-electron chi connectivity index (χ2n) is 6.64. The highest BCUT2D eigenvalue weighted by molar-refractivity contribution is 7.17. The summed E-state index contributed by atoms with van der Waals surface area (Å²) in [6, 6.07) is 7.44. The average Bonchev–Trinajstić information content (AvgIpc) is 3.10. The Kier molecular flexibility index (Phi) is 7.20. The maximum atomic E-state index is 12.8. The zero-order valence-corrected chi connectivity index (χ0v) is 17.5. The van der Waals surface area contributed by atoms with E-state index >= 15 is 0 Å². The van der Waals surface area contributed by atoms with Crippen LogP contribution in [0, 0.1) is 0 Å². The molecule has 150 valence electrons. The normalized spacial score (nSPS) is 12.8. The van der Waals surface area contributed by atoms with E-state index in [0.717, 1.165) is 11.1 Å². The van der Waals surface area contributed by atoms with Crippen molar-refractivity contribution in [1.82, 2.24) is 14.9 Å². The number of fused-ring (bicyclic) bond motifs is 1. The highest BCUT2D eigenvalue weighted by Crippen LogP contribution is 2.31. The van der Waals surface area contributed by atoms with E-state index in [1.165, 1.54) is 11.3 Å². The number of aliphatic hydroxyl groups excluding tert-OH is 1. The van der Waals surface area contributed by atoms with Crippen LogP contribution in [-0.4, -0.2) is 52.9 Å². The second-order valence-corrected chi connectivity index (χ2v) is 7.94. The number of hydrogen-bond acceptors (Lipinski definition) is 6. The van der Waals surface area contributed by atoms with Gasteiger partial charge >= 0.3 is 0 Å². The van der Waals surface area contributed by atoms with Gasteiger partial charge in [-0.15, -0.1) is 11.3 Å². The number of methoxy groups -OCH3 is 1. The number of ether oxygens (including phenoxy) is 1. The minimum atomic E-state index is -0.427. The lowest BCUT2D eigenvalue weighted by Gasteiger charge is -2.23. The Labute approximate surface area is 172 Å². The third-order valence-corrected chi connectivity index (χ3v) is 5.66. The minimum Gasteiger partial charge on any atom is -0.392 e. The molecule has 6 nitrogen and oxygen atoms in total. The van der Waals surface area contributed by atoms with Crippen molar-refractivity contribution < 1.29 is 9.84 Å². The highest BCUT2D eigenvalue weighted by Gasteiger charge is 2.16. The molecule has 1 aromatic carbocycles. The molecule has 0 aliphatic rings. The molecule has 0 saturated heterocycles. The Balaban J connectivity index is 1.90. The number of nitrogens with one attached hydrogen (secondary N) is 1. The lowest BCUT2D eigenvalue weighted by molar-refractivity contribution is 0.0817. The second kappa shape index (κ2) is 9.62. The molecule has 0 aliphatic carbocycles. The van der Waals surface area contributed by atoms with Crippen molar-refractivity contribution >= 4 is 33.2 Å². The third kappa shape index (κ3) is 4.98. The number of halogens is 1. The Morgan fingerprint density at radius 3 is 2.96 bits per heavy atom. The number of benzene rings is 1. The summed E-state index contributed by atoms with van der Waals surface area (Å²) in [7, 11) is 1.64. The van der Waals surface area contributed by atoms with E-state index in [9.17, 15) is 9.90 Å². The molecule has 1 unspecified atom stereocenters. The number of aliphatic hydroxyl groups is 1. The molecular weight excluding hydrogens is 398 g/mol. The van der Waals surface area contributed by atoms with Crippen LogP contribution in [0.2, 0.25) is 5.02 Å². The van der Waals surface area contributed by atoms with Gasteiger partial charge in [-0.3, -0.25) is 9.69 Å². The summed E-state index contributed by atoms with van der Waals surface area (Å²) in [4.78, 5) is 23.1. The van der Waals surface area contributed by atoms with Gasteiger partial charge in [0.25, 0.3) is 5.56 Å². The molecule has 1 atom stereocenters. The van der Waals surface area contributed by atoms with Gasteiger partial charge in [-0.25, -0.2) is 4.98 Å². The van der Waals surface area contributed by atoms with E-state index < -0.39 is 6.10 Å². The smallest absolute Gasteiger partial charge is 0.260 e. The van der Waals surface area contributed by atoms with Crippen LogP contribution in [0.1, 0.15) is 19.2 Å². The van der Waals surface area contributed by atoms with E-state index in [2.05, 4.69) is 9.97 Å². The highest BCUT2D eigenvalue weighted by atomic mass is 35.5. The van der Waals surface area contributed by atoms with Crippen LogP contribution < -0.4 is 5.56 Å². The van der Waals surface area contributed by atoms with E-state index in [1.54, 1.807) is 13.2 Å². The fourth-order valence-corrected chi connectivity index (χ4v) is 4.19. The van der Waals surface area contributed by atoms with Crippen LogP contribution >= 0.6 is 22.9 Å². The molecular formula is C20H24ClN3O3S. The molecule has 0 amide bonds. The molecule has 2 heterocycles. The zero-order chi connectivity index (χ0) is 20.1. The van der Waals surface area contributed by atoms with Crippen molar-refractivity contribution in [2.75, 3.05) is 26.8 Å². The first kappa shape index (κ1) is 21.0. The molecule has 0 bridgehead atoms. The summed E-state index contributed by atoms with van der Waals surface area (Å²) in [6.45, 7) is 4.07. The van der Waals surface area contributed by atoms with E-state index in [4.69, 9.17) is 16.3 Å². The average molecular weight is 422 g/mol. The van der Waals surface area contributed by atoms with Crippen molar-refractivity contribution in [2.24, 2.45) is 0 Å². The molecule has 2 aromatic heterocycles. The van der Waals surface area contributed by atoms with Crippen molar-refractivity contribution in [3.05, 3.63) is 50.8 Å². The maximum Gasteiger partial charge on any atom is 0.260 e. The van der Waals surface area contributed by atoms with Gasteiger partial charge in [-0.1, -0.05) is 30.7 Å². The van der Waals surface area contributed by atoms with Gasteiger partial charge in [0.2, 0.25) is 0 Å². The van der Waals surface area contributed by atoms with E-state index in [-0.39, 0.29) is 5.56 Å². The third-order valence-electron chi connectivity index (χ3n) is 4.55. The van der Waals surface area contributed by atoms with E-state index in [1.807, 2.05) is 35.4 Å². The first-order chi connectivity index (χ1) is 13.5. The Bertz CT molecular complexity index is 988. The molecule has 0 spiro atoms. The van der Waals surface area contributed by atoms with Crippen LogP contribution in [-0.2, 0) is 11.3 Å². The lowest BCUT2D eigenvalue weighted by Crippen LogP contribution is -2.35. The molecule has 3 rings (SSSR count). The topological polar surface area (TPSA) is 78.5 Å². The fraction of sp³-hybridized carbons (Fsp3) is 0.400. The Morgan fingerprint density at radius 2 is 2.25 bits per heavy atom. The number of hydrogen-bond donors (Lipinski definition) is 2. The Morgan fingerprint density at radius 1 is 1.43 bits per heavy atom. The lowest BCUT2D eigenvalue weighted by atomic mass is 10.1. The monoisotopic (exact) mass is 421 g/mol. The van der Waals surface area contributed by atoms with Crippen LogP contribution in [0.15, 0.2) is 34.4 Å². The summed E-state index contributed by atoms with van der Waals surface area (Å²) >= 11 is 7.54. The largest absolute Gasteiger partial charge is 0.392 e. The van der Waals surface area contributed by atoms with Crippen molar-refractivity contribution in [3.63, 3.8) is 0 Å². The summed E-state index contributed by atoms with van der Waals surface area (Å²) < 4.78 is 5.16. The van der Waals surface area contributed by atoms with Crippen LogP contribution in [0.5, 0.6) is 0 Å². The first-order valence-electron chi connectivity index (χ1n) is 9.17. The number of aromatic amines is 1. The number of rotatable bonds is 9. The van der Waals surface area contributed by atoms with Gasteiger partial charge in [0, 0.05) is 36.2 Å². The van der Waals surface area contributed by atoms with Gasteiger partial charge in [0.15, 0.2) is 0 Å². The van der Waals surface area contributed by atoms with Crippen LogP contribution in [0.3, 0.4) is 0 Å². The van der Waals surface area contributed by atoms with Gasteiger partial charge < -0.3 is 14.8 Å². The van der Waals surface area contributed by atoms with Crippen LogP contribution in [0.25, 0.3) is 21.3 Å². The molecule has 2 N–H and O–H groups in total. The van der Waals surface area contributed by atoms with Crippen molar-refractivity contribution in [2.45, 2.75) is 26.0 Å². The molecule has 28 heavy (non-hydrogen) atoms. The van der Waals surface area contributed by atoms with E-state index in [0.29, 0.717) is 53.7 Å². The zero-order valence-electron chi connectivity index (χ0n) is 15.9. The summed E-state index contributed by atoms with van der Waals surface area (Å²) in [5.41, 5.74) is 1.56. The standard InChI is InChI=1S/C20H24ClN3O3S/c1-3-15(25)10-24(7-8-27-2)11-17-22-19(26)18-16(12-28-20(18)23-17)13-5-4-6-14(21)9-13/h4-6,9,12,15,25H,3,7-8,10-11H2,1-2H3,(H,22,23,26). The number of aromatic nitrogens is 2. The summed E-state index contributed by atoms with van der Waals surface area (Å²) in [5, 5.41) is 13.1. The maximum absolute atomic E-state index is 12.8. The van der Waals surface area contributed by atoms with Gasteiger partial charge in [-0.2, -0.15) is 0 Å². The van der Waals surface area contributed by atoms with Crippen molar-refractivity contribution in [1.29, 1.82) is 0 Å². The predicted molar refractivity (Wildman–Crippen MR) is 114 cm³/mol. The van der Waals surface area contributed by atoms with Crippen LogP contribution in [0.4, 0.5) is 0 Å². The van der Waals surface area contributed by atoms with Gasteiger partial charge in [0.05, 0.1) is 24.6 Å². The molecule has 0 radical (unpaired) electrons. The fourth-order valence-electron chi connectivity index (χ4n) is 3.03. The number of H-pyrrole nitrogens is 1. The number of thiophene rings is 1. The quantitative estimate of drug-likeness (QED) is 0.552. The van der Waals surface area contributed by atoms with Gasteiger partial charge in [0.1, 0.15) is 10.7 Å². The van der Waals surface area contributed by atoms with Crippen molar-refractivity contribution in [3.8, 4) is 11.1 Å². The van der Waals surface area contributed by atoms with Gasteiger partial charge in [-0.05, 0) is 24.1 Å². The molecule has 0 saturated carbocycles. The molecule has 8 heteroatoms. The molecule has 3 aromatic rings. The minimum absolute atomic E-state index is 0.168. The molecule has 0 aliphatic heterocycles. The Hall–Kier alpha value is -1.77. The summed E-state index contributed by atoms with van der Waals surface area (Å²) in [5.74, 6) is 0.580.